The number of benzene rings is 1. The van der Waals surface area contributed by atoms with Crippen molar-refractivity contribution in [2.75, 3.05) is 32.7 Å². The van der Waals surface area contributed by atoms with E-state index in [1.807, 2.05) is 12.3 Å². The van der Waals surface area contributed by atoms with Crippen LogP contribution in [0.1, 0.15) is 29.9 Å². The Labute approximate surface area is 149 Å². The van der Waals surface area contributed by atoms with E-state index in [2.05, 4.69) is 55.2 Å². The number of hydrogen-bond acceptors (Lipinski definition) is 1. The minimum Gasteiger partial charge on any atom is -0.358 e. The zero-order valence-corrected chi connectivity index (χ0v) is 15.2. The Morgan fingerprint density at radius 2 is 1.80 bits per heavy atom. The average Bonchev–Trinajstić information content (AvgIpc) is 3.00. The highest BCUT2D eigenvalue weighted by molar-refractivity contribution is 5.85. The molecule has 0 radical (unpaired) electrons. The molecule has 0 saturated carbocycles. The van der Waals surface area contributed by atoms with Crippen molar-refractivity contribution in [2.45, 2.75) is 19.9 Å². The lowest BCUT2D eigenvalue weighted by atomic mass is 9.97. The van der Waals surface area contributed by atoms with Crippen molar-refractivity contribution in [3.63, 3.8) is 0 Å². The second kappa shape index (κ2) is 6.98. The zero-order chi connectivity index (χ0) is 17.2. The van der Waals surface area contributed by atoms with Gasteiger partial charge in [-0.1, -0.05) is 24.3 Å². The molecule has 2 aromatic heterocycles. The maximum atomic E-state index is 4.76. The fourth-order valence-electron chi connectivity index (χ4n) is 4.35. The van der Waals surface area contributed by atoms with Crippen molar-refractivity contribution in [3.8, 4) is 0 Å². The van der Waals surface area contributed by atoms with Crippen molar-refractivity contribution in [1.29, 1.82) is 0 Å². The molecular weight excluding hydrogens is 308 g/mol. The number of quaternary nitrogens is 2. The molecule has 0 unspecified atom stereocenters. The van der Waals surface area contributed by atoms with Crippen LogP contribution in [-0.4, -0.2) is 42.7 Å². The minimum atomic E-state index is 0.302. The summed E-state index contributed by atoms with van der Waals surface area (Å²) in [5.74, 6) is 0. The Bertz CT molecular complexity index is 831. The number of nitrogens with one attached hydrogen (secondary N) is 3. The number of likely N-dealkylation sites (N-methyl/N-ethyl adjacent to an activating group) is 1. The van der Waals surface area contributed by atoms with E-state index in [0.29, 0.717) is 6.04 Å². The van der Waals surface area contributed by atoms with Gasteiger partial charge in [-0.2, -0.15) is 0 Å². The molecule has 1 aliphatic heterocycles. The Kier molecular flexibility index (Phi) is 4.55. The first-order valence-corrected chi connectivity index (χ1v) is 9.44. The molecule has 0 amide bonds. The summed E-state index contributed by atoms with van der Waals surface area (Å²) >= 11 is 0. The molecule has 4 nitrogen and oxygen atoms in total. The highest BCUT2D eigenvalue weighted by Gasteiger charge is 2.34. The van der Waals surface area contributed by atoms with Crippen LogP contribution in [0.25, 0.3) is 10.9 Å². The lowest BCUT2D eigenvalue weighted by Gasteiger charge is -2.34. The second-order valence-electron chi connectivity index (χ2n) is 7.16. The van der Waals surface area contributed by atoms with Crippen LogP contribution in [0.4, 0.5) is 0 Å². The van der Waals surface area contributed by atoms with Gasteiger partial charge in [-0.3, -0.25) is 4.98 Å². The number of fused-ring (bicyclic) bond motifs is 1. The van der Waals surface area contributed by atoms with Gasteiger partial charge in [0.05, 0.1) is 6.54 Å². The lowest BCUT2D eigenvalue weighted by Crippen LogP contribution is -3.28. The zero-order valence-electron chi connectivity index (χ0n) is 15.2. The number of rotatable bonds is 4. The van der Waals surface area contributed by atoms with Crippen LogP contribution in [0, 0.1) is 6.92 Å². The number of hydrogen-bond donors (Lipinski definition) is 3. The van der Waals surface area contributed by atoms with Crippen LogP contribution in [-0.2, 0) is 0 Å². The maximum Gasteiger partial charge on any atom is 0.159 e. The number of aromatic amines is 1. The number of piperazine rings is 1. The monoisotopic (exact) mass is 336 g/mol. The minimum absolute atomic E-state index is 0.302. The molecule has 4 rings (SSSR count). The fraction of sp³-hybridized carbons (Fsp3) is 0.381. The molecule has 3 N–H and O–H groups in total. The molecule has 1 aliphatic rings. The summed E-state index contributed by atoms with van der Waals surface area (Å²) in [6, 6.07) is 15.3. The fourth-order valence-corrected chi connectivity index (χ4v) is 4.35. The summed E-state index contributed by atoms with van der Waals surface area (Å²) < 4.78 is 0. The highest BCUT2D eigenvalue weighted by atomic mass is 15.3. The smallest absolute Gasteiger partial charge is 0.159 e. The number of pyridine rings is 1. The summed E-state index contributed by atoms with van der Waals surface area (Å²) in [5.41, 5.74) is 5.11. The third-order valence-corrected chi connectivity index (χ3v) is 5.72. The molecule has 130 valence electrons. The first-order valence-electron chi connectivity index (χ1n) is 9.44. The van der Waals surface area contributed by atoms with Gasteiger partial charge >= 0.3 is 0 Å². The van der Waals surface area contributed by atoms with Gasteiger partial charge < -0.3 is 14.8 Å². The SMILES string of the molecule is CC[NH+]1CC[NH+]([C@H](c2ccccn2)c2c(C)[nH]c3ccccc23)CC1. The number of aryl methyl sites for hydroxylation is 1. The quantitative estimate of drug-likeness (QED) is 0.647. The Hall–Kier alpha value is -2.17. The van der Waals surface area contributed by atoms with Gasteiger partial charge in [0.2, 0.25) is 0 Å². The van der Waals surface area contributed by atoms with E-state index in [9.17, 15) is 0 Å². The van der Waals surface area contributed by atoms with Crippen molar-refractivity contribution in [1.82, 2.24) is 9.97 Å². The van der Waals surface area contributed by atoms with Gasteiger partial charge in [-0.15, -0.1) is 0 Å². The molecule has 0 aliphatic carbocycles. The number of nitrogens with zero attached hydrogens (tertiary/aromatic N) is 1. The molecule has 0 spiro atoms. The Balaban J connectivity index is 1.79. The average molecular weight is 336 g/mol. The molecule has 1 aromatic carbocycles. The Morgan fingerprint density at radius 3 is 2.52 bits per heavy atom. The predicted octanol–water partition coefficient (Wildman–Crippen LogP) is 0.764. The van der Waals surface area contributed by atoms with E-state index in [4.69, 9.17) is 4.98 Å². The third kappa shape index (κ3) is 3.08. The van der Waals surface area contributed by atoms with Crippen LogP contribution in [0.5, 0.6) is 0 Å². The van der Waals surface area contributed by atoms with Gasteiger partial charge in [0, 0.05) is 28.4 Å². The van der Waals surface area contributed by atoms with Crippen LogP contribution in [0.15, 0.2) is 48.7 Å². The van der Waals surface area contributed by atoms with E-state index >= 15 is 0 Å². The molecule has 0 bridgehead atoms. The molecule has 1 fully saturated rings. The standard InChI is InChI=1S/C21H26N4/c1-3-24-12-14-25(15-13-24)21(19-10-6-7-11-22-19)20-16(2)23-18-9-5-4-8-17(18)20/h4-11,21,23H,3,12-15H2,1-2H3/p+2/t21-/m1/s1. The van der Waals surface area contributed by atoms with Gasteiger partial charge in [0.15, 0.2) is 6.04 Å². The van der Waals surface area contributed by atoms with Crippen molar-refractivity contribution in [2.24, 2.45) is 0 Å². The lowest BCUT2D eigenvalue weighted by molar-refractivity contribution is -1.02. The van der Waals surface area contributed by atoms with E-state index in [1.165, 1.54) is 60.6 Å². The van der Waals surface area contributed by atoms with E-state index in [1.54, 1.807) is 9.80 Å². The first-order chi connectivity index (χ1) is 12.3. The maximum absolute atomic E-state index is 4.76. The van der Waals surface area contributed by atoms with E-state index < -0.39 is 0 Å². The molecule has 25 heavy (non-hydrogen) atoms. The van der Waals surface area contributed by atoms with Gasteiger partial charge in [0.1, 0.15) is 31.9 Å². The van der Waals surface area contributed by atoms with Crippen molar-refractivity contribution >= 4 is 10.9 Å². The number of para-hydroxylation sites is 1. The topological polar surface area (TPSA) is 37.6 Å². The third-order valence-electron chi connectivity index (χ3n) is 5.72. The molecule has 3 heterocycles. The highest BCUT2D eigenvalue weighted by Crippen LogP contribution is 2.29. The van der Waals surface area contributed by atoms with Crippen LogP contribution < -0.4 is 9.80 Å². The number of aromatic nitrogens is 2. The predicted molar refractivity (Wildman–Crippen MR) is 101 cm³/mol. The van der Waals surface area contributed by atoms with Gasteiger partial charge in [-0.05, 0) is 32.0 Å². The normalized spacial score (nSPS) is 22.2. The largest absolute Gasteiger partial charge is 0.358 e. The summed E-state index contributed by atoms with van der Waals surface area (Å²) in [7, 11) is 0. The molecule has 1 saturated heterocycles. The van der Waals surface area contributed by atoms with E-state index in [-0.39, 0.29) is 0 Å². The molecular formula is C21H28N4+2. The first kappa shape index (κ1) is 16.3. The summed E-state index contributed by atoms with van der Waals surface area (Å²) in [6.07, 6.45) is 1.93. The molecule has 1 atom stereocenters. The summed E-state index contributed by atoms with van der Waals surface area (Å²) in [6.45, 7) is 10.6. The van der Waals surface area contributed by atoms with E-state index in [0.717, 1.165) is 0 Å². The van der Waals surface area contributed by atoms with Crippen molar-refractivity contribution in [3.05, 3.63) is 65.6 Å². The summed E-state index contributed by atoms with van der Waals surface area (Å²) in [4.78, 5) is 11.7. The Morgan fingerprint density at radius 1 is 1.04 bits per heavy atom. The van der Waals surface area contributed by atoms with Crippen LogP contribution >= 0.6 is 0 Å². The summed E-state index contributed by atoms with van der Waals surface area (Å²) in [5, 5.41) is 1.34. The van der Waals surface area contributed by atoms with Gasteiger partial charge in [-0.25, -0.2) is 0 Å². The molecule has 4 heteroatoms. The van der Waals surface area contributed by atoms with Gasteiger partial charge in [0.25, 0.3) is 0 Å². The van der Waals surface area contributed by atoms with Crippen LogP contribution in [0.2, 0.25) is 0 Å². The molecule has 3 aromatic rings. The second-order valence-corrected chi connectivity index (χ2v) is 7.16. The number of H-pyrrole nitrogens is 1. The van der Waals surface area contributed by atoms with Crippen molar-refractivity contribution < 1.29 is 9.80 Å². The van der Waals surface area contributed by atoms with Crippen LogP contribution in [0.3, 0.4) is 0 Å².